The topological polar surface area (TPSA) is 55.6 Å². The molecular formula is C15H15N5. The average molecular weight is 265 g/mol. The van der Waals surface area contributed by atoms with Gasteiger partial charge in [0.05, 0.1) is 11.9 Å². The van der Waals surface area contributed by atoms with E-state index in [1.54, 1.807) is 12.4 Å². The Bertz CT molecular complexity index is 691. The normalized spacial score (nSPS) is 10.4. The van der Waals surface area contributed by atoms with Crippen molar-refractivity contribution in [3.8, 4) is 5.69 Å². The van der Waals surface area contributed by atoms with Gasteiger partial charge in [-0.15, -0.1) is 5.10 Å². The molecule has 2 aromatic heterocycles. The summed E-state index contributed by atoms with van der Waals surface area (Å²) in [6.07, 6.45) is 5.45. The van der Waals surface area contributed by atoms with Crippen LogP contribution in [-0.2, 0) is 6.54 Å². The molecule has 0 unspecified atom stereocenters. The molecule has 1 N–H and O–H groups in total. The summed E-state index contributed by atoms with van der Waals surface area (Å²) in [5, 5.41) is 15.6. The fraction of sp³-hybridized carbons (Fsp3) is 0.133. The molecule has 0 amide bonds. The summed E-state index contributed by atoms with van der Waals surface area (Å²) in [5.74, 6) is 0.778. The van der Waals surface area contributed by atoms with Gasteiger partial charge < -0.3 is 5.32 Å². The molecule has 0 bridgehead atoms. The summed E-state index contributed by atoms with van der Waals surface area (Å²) in [4.78, 5) is 0. The highest BCUT2D eigenvalue weighted by atomic mass is 15.3. The van der Waals surface area contributed by atoms with Gasteiger partial charge in [0, 0.05) is 18.9 Å². The first-order chi connectivity index (χ1) is 9.83. The van der Waals surface area contributed by atoms with Crippen molar-refractivity contribution in [2.75, 3.05) is 5.32 Å². The average Bonchev–Trinajstić information content (AvgIpc) is 3.00. The van der Waals surface area contributed by atoms with Gasteiger partial charge in [0.2, 0.25) is 0 Å². The second-order valence-corrected chi connectivity index (χ2v) is 4.55. The number of para-hydroxylation sites is 1. The largest absolute Gasteiger partial charge is 0.364 e. The lowest BCUT2D eigenvalue weighted by molar-refractivity contribution is 0.862. The molecule has 3 aromatic rings. The van der Waals surface area contributed by atoms with Gasteiger partial charge in [-0.1, -0.05) is 18.2 Å². The Hall–Kier alpha value is -2.69. The van der Waals surface area contributed by atoms with Gasteiger partial charge in [-0.05, 0) is 36.2 Å². The molecule has 0 aliphatic rings. The quantitative estimate of drug-likeness (QED) is 0.787. The van der Waals surface area contributed by atoms with Crippen molar-refractivity contribution < 1.29 is 0 Å². The lowest BCUT2D eigenvalue weighted by Crippen LogP contribution is -2.07. The minimum Gasteiger partial charge on any atom is -0.364 e. The fourth-order valence-corrected chi connectivity index (χ4v) is 2.03. The van der Waals surface area contributed by atoms with E-state index in [9.17, 15) is 0 Å². The second-order valence-electron chi connectivity index (χ2n) is 4.55. The summed E-state index contributed by atoms with van der Waals surface area (Å²) in [7, 11) is 0. The molecule has 0 fully saturated rings. The first-order valence-electron chi connectivity index (χ1n) is 6.44. The lowest BCUT2D eigenvalue weighted by atomic mass is 10.2. The van der Waals surface area contributed by atoms with Crippen molar-refractivity contribution in [1.29, 1.82) is 0 Å². The maximum Gasteiger partial charge on any atom is 0.149 e. The van der Waals surface area contributed by atoms with Crippen molar-refractivity contribution in [2.45, 2.75) is 13.5 Å². The van der Waals surface area contributed by atoms with E-state index in [1.165, 1.54) is 0 Å². The van der Waals surface area contributed by atoms with Crippen LogP contribution in [0.5, 0.6) is 0 Å². The van der Waals surface area contributed by atoms with E-state index >= 15 is 0 Å². The molecule has 20 heavy (non-hydrogen) atoms. The van der Waals surface area contributed by atoms with Crippen LogP contribution in [-0.4, -0.2) is 20.0 Å². The Morgan fingerprint density at radius 3 is 2.90 bits per heavy atom. The van der Waals surface area contributed by atoms with E-state index in [0.717, 1.165) is 22.6 Å². The van der Waals surface area contributed by atoms with Crippen LogP contribution in [0.2, 0.25) is 0 Å². The molecule has 2 heterocycles. The van der Waals surface area contributed by atoms with E-state index in [-0.39, 0.29) is 0 Å². The minimum absolute atomic E-state index is 0.675. The SMILES string of the molecule is Cc1cnnc(NCc2ccccc2-n2cccn2)c1. The predicted octanol–water partition coefficient (Wildman–Crippen LogP) is 2.58. The van der Waals surface area contributed by atoms with Gasteiger partial charge in [0.15, 0.2) is 0 Å². The number of hydrogen-bond donors (Lipinski definition) is 1. The third kappa shape index (κ3) is 2.66. The third-order valence-electron chi connectivity index (χ3n) is 2.99. The molecule has 0 aliphatic heterocycles. The van der Waals surface area contributed by atoms with E-state index in [4.69, 9.17) is 0 Å². The zero-order valence-corrected chi connectivity index (χ0v) is 11.2. The van der Waals surface area contributed by atoms with Crippen molar-refractivity contribution in [3.05, 3.63) is 66.1 Å². The molecule has 1 aromatic carbocycles. The first kappa shape index (κ1) is 12.3. The van der Waals surface area contributed by atoms with Gasteiger partial charge in [0.1, 0.15) is 5.82 Å². The van der Waals surface area contributed by atoms with Crippen LogP contribution in [0, 0.1) is 6.92 Å². The summed E-state index contributed by atoms with van der Waals surface area (Å²) >= 11 is 0. The van der Waals surface area contributed by atoms with Crippen LogP contribution in [0.15, 0.2) is 55.0 Å². The molecule has 5 nitrogen and oxygen atoms in total. The van der Waals surface area contributed by atoms with Crippen molar-refractivity contribution in [2.24, 2.45) is 0 Å². The smallest absolute Gasteiger partial charge is 0.149 e. The highest BCUT2D eigenvalue weighted by Gasteiger charge is 2.04. The number of benzene rings is 1. The number of hydrogen-bond acceptors (Lipinski definition) is 4. The predicted molar refractivity (Wildman–Crippen MR) is 77.7 cm³/mol. The monoisotopic (exact) mass is 265 g/mol. The molecule has 5 heteroatoms. The molecule has 0 spiro atoms. The standard InChI is InChI=1S/C15H15N5/c1-12-9-15(19-17-10-12)16-11-13-5-2-3-6-14(13)20-8-4-7-18-20/h2-10H,11H2,1H3,(H,16,19). The number of nitrogens with one attached hydrogen (secondary N) is 1. The van der Waals surface area contributed by atoms with Gasteiger partial charge in [-0.3, -0.25) is 0 Å². The summed E-state index contributed by atoms with van der Waals surface area (Å²) in [6.45, 7) is 2.67. The fourth-order valence-electron chi connectivity index (χ4n) is 2.03. The third-order valence-corrected chi connectivity index (χ3v) is 2.99. The van der Waals surface area contributed by atoms with Crippen molar-refractivity contribution >= 4 is 5.82 Å². The molecule has 0 saturated heterocycles. The number of aromatic nitrogens is 4. The number of rotatable bonds is 4. The zero-order chi connectivity index (χ0) is 13.8. The Morgan fingerprint density at radius 1 is 1.20 bits per heavy atom. The molecular weight excluding hydrogens is 250 g/mol. The van der Waals surface area contributed by atoms with Crippen molar-refractivity contribution in [3.63, 3.8) is 0 Å². The van der Waals surface area contributed by atoms with Gasteiger partial charge in [-0.25, -0.2) is 4.68 Å². The van der Waals surface area contributed by atoms with Crippen LogP contribution in [0.3, 0.4) is 0 Å². The first-order valence-corrected chi connectivity index (χ1v) is 6.44. The number of anilines is 1. The Morgan fingerprint density at radius 2 is 2.10 bits per heavy atom. The molecule has 0 radical (unpaired) electrons. The minimum atomic E-state index is 0.675. The summed E-state index contributed by atoms with van der Waals surface area (Å²) < 4.78 is 1.86. The van der Waals surface area contributed by atoms with Crippen LogP contribution < -0.4 is 5.32 Å². The van der Waals surface area contributed by atoms with Crippen LogP contribution in [0.1, 0.15) is 11.1 Å². The van der Waals surface area contributed by atoms with Gasteiger partial charge >= 0.3 is 0 Å². The van der Waals surface area contributed by atoms with Crippen molar-refractivity contribution in [1.82, 2.24) is 20.0 Å². The van der Waals surface area contributed by atoms with E-state index in [2.05, 4.69) is 26.7 Å². The van der Waals surface area contributed by atoms with E-state index in [1.807, 2.05) is 48.1 Å². The van der Waals surface area contributed by atoms with E-state index < -0.39 is 0 Å². The second kappa shape index (κ2) is 5.52. The van der Waals surface area contributed by atoms with Gasteiger partial charge in [-0.2, -0.15) is 10.2 Å². The molecule has 0 saturated carbocycles. The molecule has 3 rings (SSSR count). The number of nitrogens with zero attached hydrogens (tertiary/aromatic N) is 4. The zero-order valence-electron chi connectivity index (χ0n) is 11.2. The van der Waals surface area contributed by atoms with Crippen LogP contribution in [0.25, 0.3) is 5.69 Å². The van der Waals surface area contributed by atoms with Crippen LogP contribution >= 0.6 is 0 Å². The summed E-state index contributed by atoms with van der Waals surface area (Å²) in [6, 6.07) is 12.0. The molecule has 0 atom stereocenters. The van der Waals surface area contributed by atoms with Crippen LogP contribution in [0.4, 0.5) is 5.82 Å². The summed E-state index contributed by atoms with van der Waals surface area (Å²) in [5.41, 5.74) is 3.30. The Kier molecular flexibility index (Phi) is 3.41. The molecule has 0 aliphatic carbocycles. The molecule has 100 valence electrons. The highest BCUT2D eigenvalue weighted by Crippen LogP contribution is 2.15. The van der Waals surface area contributed by atoms with E-state index in [0.29, 0.717) is 6.54 Å². The number of aryl methyl sites for hydroxylation is 1. The Balaban J connectivity index is 1.81. The Labute approximate surface area is 117 Å². The maximum atomic E-state index is 4.28. The lowest BCUT2D eigenvalue weighted by Gasteiger charge is -2.10. The maximum absolute atomic E-state index is 4.28. The highest BCUT2D eigenvalue weighted by molar-refractivity contribution is 5.44. The van der Waals surface area contributed by atoms with Gasteiger partial charge in [0.25, 0.3) is 0 Å².